The van der Waals surface area contributed by atoms with Crippen molar-refractivity contribution in [1.29, 1.82) is 0 Å². The highest BCUT2D eigenvalue weighted by Gasteiger charge is 2.26. The van der Waals surface area contributed by atoms with E-state index in [1.165, 1.54) is 11.8 Å². The zero-order valence-electron chi connectivity index (χ0n) is 13.8. The van der Waals surface area contributed by atoms with Gasteiger partial charge in [-0.1, -0.05) is 24.3 Å². The zero-order chi connectivity index (χ0) is 16.9. The smallest absolute Gasteiger partial charge is 0.192 e. The first kappa shape index (κ1) is 16.8. The predicted octanol–water partition coefficient (Wildman–Crippen LogP) is 3.74. The van der Waals surface area contributed by atoms with Crippen molar-refractivity contribution < 1.29 is 9.53 Å². The number of hydrogen-bond acceptors (Lipinski definition) is 5. The van der Waals surface area contributed by atoms with Crippen molar-refractivity contribution in [2.75, 3.05) is 7.11 Å². The minimum atomic E-state index is -0.00441. The van der Waals surface area contributed by atoms with Crippen LogP contribution in [0.2, 0.25) is 0 Å². The SMILES string of the molecule is C=CCn1c(S[C@@H]2CCCCC2=O)nnc1-c1ccc(OC)cc1. The zero-order valence-corrected chi connectivity index (χ0v) is 14.6. The van der Waals surface area contributed by atoms with Crippen molar-refractivity contribution in [3.05, 3.63) is 36.9 Å². The lowest BCUT2D eigenvalue weighted by Gasteiger charge is -2.19. The van der Waals surface area contributed by atoms with Crippen LogP contribution in [0.25, 0.3) is 11.4 Å². The van der Waals surface area contributed by atoms with Crippen molar-refractivity contribution in [1.82, 2.24) is 14.8 Å². The lowest BCUT2D eigenvalue weighted by Crippen LogP contribution is -2.21. The molecule has 0 saturated heterocycles. The molecule has 0 bridgehead atoms. The van der Waals surface area contributed by atoms with E-state index < -0.39 is 0 Å². The lowest BCUT2D eigenvalue weighted by atomic mass is 9.99. The largest absolute Gasteiger partial charge is 0.497 e. The molecule has 1 aliphatic carbocycles. The predicted molar refractivity (Wildman–Crippen MR) is 95.3 cm³/mol. The van der Waals surface area contributed by atoms with E-state index in [1.54, 1.807) is 7.11 Å². The Morgan fingerprint density at radius 2 is 2.12 bits per heavy atom. The molecule has 6 heteroatoms. The molecule has 0 radical (unpaired) electrons. The third-order valence-electron chi connectivity index (χ3n) is 4.12. The molecule has 1 aromatic heterocycles. The Bertz CT molecular complexity index is 724. The number of ketones is 1. The first-order valence-electron chi connectivity index (χ1n) is 8.11. The van der Waals surface area contributed by atoms with Gasteiger partial charge in [0.1, 0.15) is 11.5 Å². The topological polar surface area (TPSA) is 57.0 Å². The van der Waals surface area contributed by atoms with Crippen LogP contribution in [-0.4, -0.2) is 32.9 Å². The van der Waals surface area contributed by atoms with Crippen LogP contribution in [0.3, 0.4) is 0 Å². The fraction of sp³-hybridized carbons (Fsp3) is 0.389. The first-order chi connectivity index (χ1) is 11.7. The van der Waals surface area contributed by atoms with Gasteiger partial charge in [-0.05, 0) is 37.1 Å². The average Bonchev–Trinajstić information content (AvgIpc) is 3.00. The molecule has 1 heterocycles. The quantitative estimate of drug-likeness (QED) is 0.748. The van der Waals surface area contributed by atoms with Gasteiger partial charge in [-0.25, -0.2) is 0 Å². The van der Waals surface area contributed by atoms with Gasteiger partial charge in [-0.3, -0.25) is 9.36 Å². The highest BCUT2D eigenvalue weighted by Crippen LogP contribution is 2.33. The van der Waals surface area contributed by atoms with Crippen molar-refractivity contribution in [3.63, 3.8) is 0 Å². The third-order valence-corrected chi connectivity index (χ3v) is 5.42. The molecule has 0 amide bonds. The van der Waals surface area contributed by atoms with Crippen LogP contribution >= 0.6 is 11.8 Å². The molecule has 1 atom stereocenters. The van der Waals surface area contributed by atoms with Crippen LogP contribution < -0.4 is 4.74 Å². The van der Waals surface area contributed by atoms with Gasteiger partial charge in [-0.15, -0.1) is 16.8 Å². The summed E-state index contributed by atoms with van der Waals surface area (Å²) in [5, 5.41) is 9.44. The Balaban J connectivity index is 1.88. The highest BCUT2D eigenvalue weighted by atomic mass is 32.2. The second-order valence-electron chi connectivity index (χ2n) is 5.75. The van der Waals surface area contributed by atoms with Gasteiger partial charge in [0.25, 0.3) is 0 Å². The van der Waals surface area contributed by atoms with Gasteiger partial charge in [-0.2, -0.15) is 0 Å². The van der Waals surface area contributed by atoms with E-state index in [2.05, 4.69) is 16.8 Å². The first-order valence-corrected chi connectivity index (χ1v) is 8.98. The van der Waals surface area contributed by atoms with Gasteiger partial charge in [0.15, 0.2) is 11.0 Å². The summed E-state index contributed by atoms with van der Waals surface area (Å²) in [5.41, 5.74) is 0.965. The Morgan fingerprint density at radius 3 is 2.79 bits per heavy atom. The van der Waals surface area contributed by atoms with Gasteiger partial charge < -0.3 is 4.74 Å². The van der Waals surface area contributed by atoms with E-state index >= 15 is 0 Å². The number of hydrogen-bond donors (Lipinski definition) is 0. The molecule has 3 rings (SSSR count). The Morgan fingerprint density at radius 1 is 1.33 bits per heavy atom. The summed E-state index contributed by atoms with van der Waals surface area (Å²) in [5.74, 6) is 1.91. The number of rotatable bonds is 6. The molecular formula is C18H21N3O2S. The summed E-state index contributed by atoms with van der Waals surface area (Å²) in [6.07, 6.45) is 5.53. The van der Waals surface area contributed by atoms with Gasteiger partial charge in [0.05, 0.1) is 12.4 Å². The fourth-order valence-electron chi connectivity index (χ4n) is 2.83. The normalized spacial score (nSPS) is 17.7. The number of nitrogens with zero attached hydrogens (tertiary/aromatic N) is 3. The minimum absolute atomic E-state index is 0.00441. The maximum absolute atomic E-state index is 12.1. The van der Waals surface area contributed by atoms with E-state index in [9.17, 15) is 4.79 Å². The number of benzene rings is 1. The molecule has 24 heavy (non-hydrogen) atoms. The summed E-state index contributed by atoms with van der Waals surface area (Å²) in [6, 6.07) is 7.73. The third kappa shape index (κ3) is 3.53. The number of allylic oxidation sites excluding steroid dienone is 1. The summed E-state index contributed by atoms with van der Waals surface area (Å²) < 4.78 is 7.21. The number of ether oxygens (including phenoxy) is 1. The van der Waals surface area contributed by atoms with Crippen LogP contribution in [0.4, 0.5) is 0 Å². The standard InChI is InChI=1S/C18H21N3O2S/c1-3-12-21-17(13-8-10-14(23-2)11-9-13)19-20-18(21)24-16-7-5-4-6-15(16)22/h3,8-11,16H,1,4-7,12H2,2H3/t16-/m1/s1. The van der Waals surface area contributed by atoms with Crippen molar-refractivity contribution >= 4 is 17.5 Å². The van der Waals surface area contributed by atoms with Crippen LogP contribution in [0.15, 0.2) is 42.1 Å². The molecular weight excluding hydrogens is 322 g/mol. The molecule has 2 aromatic rings. The maximum atomic E-state index is 12.1. The minimum Gasteiger partial charge on any atom is -0.497 e. The van der Waals surface area contributed by atoms with Crippen LogP contribution in [0, 0.1) is 0 Å². The Kier molecular flexibility index (Phi) is 5.35. The van der Waals surface area contributed by atoms with Gasteiger partial charge in [0, 0.05) is 18.5 Å². The summed E-state index contributed by atoms with van der Waals surface area (Å²) in [6.45, 7) is 4.44. The average molecular weight is 343 g/mol. The summed E-state index contributed by atoms with van der Waals surface area (Å²) >= 11 is 1.53. The van der Waals surface area contributed by atoms with Crippen LogP contribution in [-0.2, 0) is 11.3 Å². The molecule has 0 unspecified atom stereocenters. The molecule has 0 aliphatic heterocycles. The van der Waals surface area contributed by atoms with E-state index in [0.29, 0.717) is 18.7 Å². The van der Waals surface area contributed by atoms with E-state index in [4.69, 9.17) is 4.74 Å². The van der Waals surface area contributed by atoms with Gasteiger partial charge in [0.2, 0.25) is 0 Å². The molecule has 126 valence electrons. The summed E-state index contributed by atoms with van der Waals surface area (Å²) in [4.78, 5) is 12.1. The molecule has 0 N–H and O–H groups in total. The molecule has 0 spiro atoms. The van der Waals surface area contributed by atoms with Crippen molar-refractivity contribution in [2.45, 2.75) is 42.6 Å². The van der Waals surface area contributed by atoms with Crippen molar-refractivity contribution in [3.8, 4) is 17.1 Å². The molecule has 1 fully saturated rings. The van der Waals surface area contributed by atoms with Gasteiger partial charge >= 0.3 is 0 Å². The lowest BCUT2D eigenvalue weighted by molar-refractivity contribution is -0.119. The molecule has 1 saturated carbocycles. The fourth-order valence-corrected chi connectivity index (χ4v) is 3.99. The highest BCUT2D eigenvalue weighted by molar-refractivity contribution is 8.00. The van der Waals surface area contributed by atoms with E-state index in [-0.39, 0.29) is 5.25 Å². The number of thioether (sulfide) groups is 1. The number of Topliss-reactive ketones (excluding diaryl/α,β-unsaturated/α-hetero) is 1. The van der Waals surface area contributed by atoms with E-state index in [0.717, 1.165) is 41.6 Å². The second-order valence-corrected chi connectivity index (χ2v) is 6.92. The molecule has 5 nitrogen and oxygen atoms in total. The van der Waals surface area contributed by atoms with E-state index in [1.807, 2.05) is 34.9 Å². The monoisotopic (exact) mass is 343 g/mol. The van der Waals surface area contributed by atoms with Crippen LogP contribution in [0.1, 0.15) is 25.7 Å². The maximum Gasteiger partial charge on any atom is 0.192 e. The summed E-state index contributed by atoms with van der Waals surface area (Å²) in [7, 11) is 1.64. The number of methoxy groups -OCH3 is 1. The second kappa shape index (κ2) is 7.66. The van der Waals surface area contributed by atoms with Crippen LogP contribution in [0.5, 0.6) is 5.75 Å². The number of carbonyl (C=O) groups excluding carboxylic acids is 1. The molecule has 1 aromatic carbocycles. The number of aromatic nitrogens is 3. The Labute approximate surface area is 146 Å². The van der Waals surface area contributed by atoms with Crippen molar-refractivity contribution in [2.24, 2.45) is 0 Å². The molecule has 1 aliphatic rings. The number of carbonyl (C=O) groups is 1. The Hall–Kier alpha value is -2.08.